The summed E-state index contributed by atoms with van der Waals surface area (Å²) in [7, 11) is 0. The Morgan fingerprint density at radius 1 is 1.11 bits per heavy atom. The number of rotatable bonds is 4. The molecule has 0 radical (unpaired) electrons. The predicted octanol–water partition coefficient (Wildman–Crippen LogP) is 3.77. The first-order valence-electron chi connectivity index (χ1n) is 9.28. The molecule has 0 bridgehead atoms. The van der Waals surface area contributed by atoms with E-state index in [0.717, 1.165) is 25.7 Å². The lowest BCUT2D eigenvalue weighted by atomic mass is 10.0. The molecule has 0 atom stereocenters. The highest BCUT2D eigenvalue weighted by Gasteiger charge is 2.33. The van der Waals surface area contributed by atoms with E-state index in [0.29, 0.717) is 24.7 Å². The van der Waals surface area contributed by atoms with Gasteiger partial charge in [0, 0.05) is 19.0 Å². The number of anilines is 1. The summed E-state index contributed by atoms with van der Waals surface area (Å²) < 4.78 is 42.9. The second-order valence-electron chi connectivity index (χ2n) is 7.13. The molecule has 4 rings (SSSR count). The van der Waals surface area contributed by atoms with Crippen LogP contribution in [0.15, 0.2) is 24.3 Å². The molecule has 146 valence electrons. The summed E-state index contributed by atoms with van der Waals surface area (Å²) in [6, 6.07) is 10.1. The lowest BCUT2D eigenvalue weighted by Gasteiger charge is -2.24. The molecule has 2 aliphatic rings. The molecule has 28 heavy (non-hydrogen) atoms. The smallest absolute Gasteiger partial charge is 0.422 e. The minimum absolute atomic E-state index is 0.0281. The molecular formula is C20H19F3N4O. The van der Waals surface area contributed by atoms with Crippen LogP contribution in [0.2, 0.25) is 0 Å². The zero-order valence-electron chi connectivity index (χ0n) is 15.2. The maximum absolute atomic E-state index is 12.6. The summed E-state index contributed by atoms with van der Waals surface area (Å²) in [5.41, 5.74) is 2.46. The van der Waals surface area contributed by atoms with E-state index in [9.17, 15) is 18.4 Å². The molecule has 5 nitrogen and oxygen atoms in total. The third-order valence-corrected chi connectivity index (χ3v) is 5.02. The molecule has 2 heterocycles. The number of nitrogens with zero attached hydrogens (tertiary/aromatic N) is 4. The number of benzene rings is 1. The van der Waals surface area contributed by atoms with Gasteiger partial charge in [0.05, 0.1) is 0 Å². The number of halogens is 3. The minimum Gasteiger partial charge on any atom is -0.467 e. The molecule has 8 heteroatoms. The Labute approximate surface area is 160 Å². The van der Waals surface area contributed by atoms with Crippen LogP contribution in [0.1, 0.15) is 41.3 Å². The molecule has 0 N–H and O–H groups in total. The quantitative estimate of drug-likeness (QED) is 0.798. The van der Waals surface area contributed by atoms with Gasteiger partial charge in [-0.2, -0.15) is 23.4 Å². The normalized spacial score (nSPS) is 16.9. The fourth-order valence-corrected chi connectivity index (χ4v) is 3.43. The van der Waals surface area contributed by atoms with Gasteiger partial charge in [0.2, 0.25) is 5.88 Å². The minimum atomic E-state index is -4.50. The molecule has 2 aromatic rings. The van der Waals surface area contributed by atoms with E-state index in [1.807, 2.05) is 23.1 Å². The fraction of sp³-hybridized carbons (Fsp3) is 0.450. The first kappa shape index (κ1) is 18.5. The number of hydrogen-bond acceptors (Lipinski definition) is 5. The van der Waals surface area contributed by atoms with E-state index in [2.05, 4.69) is 22.1 Å². The average molecular weight is 388 g/mol. The van der Waals surface area contributed by atoms with Crippen LogP contribution >= 0.6 is 0 Å². The summed E-state index contributed by atoms with van der Waals surface area (Å²) in [5, 5.41) is 9.63. The Morgan fingerprint density at radius 2 is 1.75 bits per heavy atom. The highest BCUT2D eigenvalue weighted by Crippen LogP contribution is 2.41. The van der Waals surface area contributed by atoms with Gasteiger partial charge >= 0.3 is 6.18 Å². The van der Waals surface area contributed by atoms with Crippen LogP contribution in [-0.4, -0.2) is 35.8 Å². The predicted molar refractivity (Wildman–Crippen MR) is 96.3 cm³/mol. The van der Waals surface area contributed by atoms with Gasteiger partial charge in [0.1, 0.15) is 11.9 Å². The summed E-state index contributed by atoms with van der Waals surface area (Å²) in [6.07, 6.45) is -1.14. The molecular weight excluding hydrogens is 369 g/mol. The number of fused-ring (bicyclic) bond motifs is 1. The molecule has 0 unspecified atom stereocenters. The summed E-state index contributed by atoms with van der Waals surface area (Å²) in [4.78, 5) is 10.7. The van der Waals surface area contributed by atoms with Crippen molar-refractivity contribution in [3.63, 3.8) is 0 Å². The molecule has 0 spiro atoms. The van der Waals surface area contributed by atoms with Gasteiger partial charge in [0.15, 0.2) is 18.0 Å². The van der Waals surface area contributed by atoms with Crippen molar-refractivity contribution < 1.29 is 17.9 Å². The van der Waals surface area contributed by atoms with Gasteiger partial charge in [-0.15, -0.1) is 0 Å². The van der Waals surface area contributed by atoms with E-state index in [-0.39, 0.29) is 17.4 Å². The second kappa shape index (κ2) is 7.30. The van der Waals surface area contributed by atoms with Crippen LogP contribution in [0.4, 0.5) is 19.0 Å². The third kappa shape index (κ3) is 4.03. The molecule has 1 aliphatic heterocycles. The average Bonchev–Trinajstić information content (AvgIpc) is 3.51. The van der Waals surface area contributed by atoms with Crippen molar-refractivity contribution in [3.8, 4) is 11.9 Å². The maximum atomic E-state index is 12.6. The van der Waals surface area contributed by atoms with E-state index < -0.39 is 12.8 Å². The third-order valence-electron chi connectivity index (χ3n) is 5.02. The first-order valence-corrected chi connectivity index (χ1v) is 9.28. The Morgan fingerprint density at radius 3 is 2.29 bits per heavy atom. The van der Waals surface area contributed by atoms with E-state index in [1.165, 1.54) is 11.1 Å². The van der Waals surface area contributed by atoms with E-state index in [4.69, 9.17) is 4.74 Å². The Hall–Kier alpha value is -2.82. The van der Waals surface area contributed by atoms with Crippen LogP contribution < -0.4 is 9.64 Å². The Balaban J connectivity index is 1.67. The summed E-state index contributed by atoms with van der Waals surface area (Å²) in [6.45, 7) is -0.218. The Kier molecular flexibility index (Phi) is 4.84. The van der Waals surface area contributed by atoms with Crippen molar-refractivity contribution in [1.29, 1.82) is 5.26 Å². The van der Waals surface area contributed by atoms with Gasteiger partial charge in [-0.05, 0) is 36.8 Å². The molecule has 1 fully saturated rings. The van der Waals surface area contributed by atoms with Gasteiger partial charge in [-0.3, -0.25) is 0 Å². The highest BCUT2D eigenvalue weighted by molar-refractivity contribution is 5.59. The lowest BCUT2D eigenvalue weighted by molar-refractivity contribution is -0.154. The van der Waals surface area contributed by atoms with Crippen molar-refractivity contribution in [2.24, 2.45) is 0 Å². The van der Waals surface area contributed by atoms with Crippen molar-refractivity contribution in [2.75, 3.05) is 24.6 Å². The monoisotopic (exact) mass is 388 g/mol. The molecule has 1 saturated carbocycles. The largest absolute Gasteiger partial charge is 0.467 e. The van der Waals surface area contributed by atoms with Crippen molar-refractivity contribution >= 4 is 5.82 Å². The number of aromatic nitrogens is 2. The number of hydrogen-bond donors (Lipinski definition) is 0. The summed E-state index contributed by atoms with van der Waals surface area (Å²) >= 11 is 0. The van der Waals surface area contributed by atoms with E-state index >= 15 is 0 Å². The zero-order valence-corrected chi connectivity index (χ0v) is 15.2. The summed E-state index contributed by atoms with van der Waals surface area (Å²) in [5.74, 6) is 0.703. The standard InChI is InChI=1S/C20H19F3N4O/c21-20(22,23)12-28-19-16(11-24)18(25-17(26-19)15-5-6-15)27-9-7-13-3-1-2-4-14(13)8-10-27/h1-4,15H,5-10,12H2. The second-order valence-corrected chi connectivity index (χ2v) is 7.13. The molecule has 1 aromatic carbocycles. The van der Waals surface area contributed by atoms with Crippen molar-refractivity contribution in [2.45, 2.75) is 37.8 Å². The number of alkyl halides is 3. The molecule has 1 aliphatic carbocycles. The van der Waals surface area contributed by atoms with Crippen LogP contribution in [0.25, 0.3) is 0 Å². The number of nitriles is 1. The van der Waals surface area contributed by atoms with Crippen LogP contribution in [0.5, 0.6) is 5.88 Å². The van der Waals surface area contributed by atoms with E-state index in [1.54, 1.807) is 0 Å². The lowest BCUT2D eigenvalue weighted by Crippen LogP contribution is -2.29. The van der Waals surface area contributed by atoms with Crippen molar-refractivity contribution in [1.82, 2.24) is 9.97 Å². The molecule has 0 saturated heterocycles. The molecule has 1 aromatic heterocycles. The SMILES string of the molecule is N#Cc1c(OCC(F)(F)F)nc(C2CC2)nc1N1CCc2ccccc2CC1. The van der Waals surface area contributed by atoms with Gasteiger partial charge in [-0.1, -0.05) is 24.3 Å². The molecule has 0 amide bonds. The number of ether oxygens (including phenoxy) is 1. The van der Waals surface area contributed by atoms with Crippen LogP contribution in [0, 0.1) is 11.3 Å². The first-order chi connectivity index (χ1) is 13.4. The van der Waals surface area contributed by atoms with Gasteiger partial charge < -0.3 is 9.64 Å². The fourth-order valence-electron chi connectivity index (χ4n) is 3.43. The van der Waals surface area contributed by atoms with Gasteiger partial charge in [-0.25, -0.2) is 4.98 Å². The van der Waals surface area contributed by atoms with Crippen molar-refractivity contribution in [3.05, 3.63) is 46.8 Å². The Bertz CT molecular complexity index is 892. The maximum Gasteiger partial charge on any atom is 0.422 e. The zero-order chi connectivity index (χ0) is 19.7. The topological polar surface area (TPSA) is 62.0 Å². The highest BCUT2D eigenvalue weighted by atomic mass is 19.4. The van der Waals surface area contributed by atoms with Crippen LogP contribution in [-0.2, 0) is 12.8 Å². The van der Waals surface area contributed by atoms with Gasteiger partial charge in [0.25, 0.3) is 0 Å². The van der Waals surface area contributed by atoms with Crippen LogP contribution in [0.3, 0.4) is 0 Å².